The number of nitrogens with two attached hydrogens (primary N) is 1. The molecule has 0 bridgehead atoms. The topological polar surface area (TPSA) is 64.4 Å². The Morgan fingerprint density at radius 3 is 2.52 bits per heavy atom. The Bertz CT molecular complexity index is 499. The molecule has 1 saturated heterocycles. The first kappa shape index (κ1) is 18.0. The lowest BCUT2D eigenvalue weighted by molar-refractivity contribution is -0.133. The average Bonchev–Trinajstić information content (AvgIpc) is 3.02. The second-order valence-corrected chi connectivity index (χ2v) is 6.78. The first-order valence-corrected chi connectivity index (χ1v) is 8.79. The fourth-order valence-electron chi connectivity index (χ4n) is 3.13. The van der Waals surface area contributed by atoms with Crippen LogP contribution in [0.4, 0.5) is 0 Å². The van der Waals surface area contributed by atoms with Gasteiger partial charge in [-0.3, -0.25) is 4.79 Å². The van der Waals surface area contributed by atoms with Crippen LogP contribution in [0.5, 0.6) is 0 Å². The van der Waals surface area contributed by atoms with E-state index in [0.717, 1.165) is 31.2 Å². The van der Waals surface area contributed by atoms with Crippen LogP contribution in [0.1, 0.15) is 57.2 Å². The Balaban J connectivity index is 2.02. The molecule has 0 spiro atoms. The molecule has 0 aromatic heterocycles. The van der Waals surface area contributed by atoms with Gasteiger partial charge >= 0.3 is 0 Å². The van der Waals surface area contributed by atoms with Gasteiger partial charge < -0.3 is 15.8 Å². The molecule has 1 aromatic rings. The predicted octanol–water partition coefficient (Wildman–Crippen LogP) is 2.96. The van der Waals surface area contributed by atoms with Gasteiger partial charge in [0.05, 0.1) is 12.1 Å². The highest BCUT2D eigenvalue weighted by Crippen LogP contribution is 2.25. The first-order valence-electron chi connectivity index (χ1n) is 8.79. The van der Waals surface area contributed by atoms with Crippen molar-refractivity contribution in [2.45, 2.75) is 64.7 Å². The standard InChI is InChI=1S/C19H30N2O2/c1-4-5-14-6-8-15(9-7-14)18(13(2)3)21-19(22)17-11-10-16(12-20)23-17/h6-9,13,16-18H,4-5,10-12,20H2,1-3H3,(H,21,22)/t16-,17+,18?/m1/s1. The van der Waals surface area contributed by atoms with Crippen LogP contribution in [0.25, 0.3) is 0 Å². The van der Waals surface area contributed by atoms with Gasteiger partial charge in [-0.05, 0) is 36.3 Å². The van der Waals surface area contributed by atoms with Gasteiger partial charge in [0.25, 0.3) is 0 Å². The van der Waals surface area contributed by atoms with Gasteiger partial charge in [-0.2, -0.15) is 0 Å². The van der Waals surface area contributed by atoms with Crippen molar-refractivity contribution in [2.75, 3.05) is 6.54 Å². The zero-order chi connectivity index (χ0) is 16.8. The summed E-state index contributed by atoms with van der Waals surface area (Å²) in [6.45, 7) is 6.92. The molecular weight excluding hydrogens is 288 g/mol. The van der Waals surface area contributed by atoms with Gasteiger partial charge in [0.1, 0.15) is 6.10 Å². The van der Waals surface area contributed by atoms with Crippen LogP contribution in [-0.2, 0) is 16.0 Å². The molecular formula is C19H30N2O2. The van der Waals surface area contributed by atoms with E-state index in [1.807, 2.05) is 0 Å². The van der Waals surface area contributed by atoms with Crippen LogP contribution in [0.15, 0.2) is 24.3 Å². The molecule has 1 fully saturated rings. The third kappa shape index (κ3) is 4.79. The number of hydrogen-bond donors (Lipinski definition) is 2. The van der Waals surface area contributed by atoms with E-state index in [1.165, 1.54) is 5.56 Å². The molecule has 4 nitrogen and oxygen atoms in total. The maximum atomic E-state index is 12.5. The molecule has 1 aliphatic heterocycles. The van der Waals surface area contributed by atoms with E-state index in [-0.39, 0.29) is 24.2 Å². The molecule has 0 radical (unpaired) electrons. The molecule has 23 heavy (non-hydrogen) atoms. The molecule has 2 rings (SSSR count). The first-order chi connectivity index (χ1) is 11.0. The third-order valence-corrected chi connectivity index (χ3v) is 4.50. The Morgan fingerprint density at radius 1 is 1.30 bits per heavy atom. The minimum atomic E-state index is -0.357. The van der Waals surface area contributed by atoms with Gasteiger partial charge in [-0.25, -0.2) is 0 Å². The molecule has 1 amide bonds. The van der Waals surface area contributed by atoms with Crippen molar-refractivity contribution in [2.24, 2.45) is 11.7 Å². The van der Waals surface area contributed by atoms with E-state index >= 15 is 0 Å². The summed E-state index contributed by atoms with van der Waals surface area (Å²) in [5, 5.41) is 3.17. The predicted molar refractivity (Wildman–Crippen MR) is 93.1 cm³/mol. The average molecular weight is 318 g/mol. The van der Waals surface area contributed by atoms with Crippen LogP contribution in [0.2, 0.25) is 0 Å². The fourth-order valence-corrected chi connectivity index (χ4v) is 3.13. The number of aryl methyl sites for hydroxylation is 1. The van der Waals surface area contributed by atoms with Gasteiger partial charge in [-0.1, -0.05) is 51.5 Å². The van der Waals surface area contributed by atoms with Crippen molar-refractivity contribution < 1.29 is 9.53 Å². The number of hydrogen-bond acceptors (Lipinski definition) is 3. The van der Waals surface area contributed by atoms with Crippen LogP contribution in [-0.4, -0.2) is 24.7 Å². The SMILES string of the molecule is CCCc1ccc(C(NC(=O)[C@@H]2CC[C@H](CN)O2)C(C)C)cc1. The second-order valence-electron chi connectivity index (χ2n) is 6.78. The highest BCUT2D eigenvalue weighted by atomic mass is 16.5. The number of carbonyl (C=O) groups is 1. The zero-order valence-corrected chi connectivity index (χ0v) is 14.5. The highest BCUT2D eigenvalue weighted by molar-refractivity contribution is 5.81. The lowest BCUT2D eigenvalue weighted by atomic mass is 9.94. The number of benzene rings is 1. The minimum absolute atomic E-state index is 0.0127. The third-order valence-electron chi connectivity index (χ3n) is 4.50. The van der Waals surface area contributed by atoms with Gasteiger partial charge in [0.15, 0.2) is 0 Å². The Kier molecular flexibility index (Phi) is 6.60. The van der Waals surface area contributed by atoms with E-state index in [2.05, 4.69) is 50.4 Å². The number of ether oxygens (including phenoxy) is 1. The summed E-state index contributed by atoms with van der Waals surface area (Å²) in [5.74, 6) is 0.306. The van der Waals surface area contributed by atoms with Crippen LogP contribution in [0, 0.1) is 5.92 Å². The van der Waals surface area contributed by atoms with E-state index in [4.69, 9.17) is 10.5 Å². The van der Waals surface area contributed by atoms with Gasteiger partial charge in [-0.15, -0.1) is 0 Å². The summed E-state index contributed by atoms with van der Waals surface area (Å²) in [5.41, 5.74) is 8.12. The van der Waals surface area contributed by atoms with Crippen molar-refractivity contribution >= 4 is 5.91 Å². The summed E-state index contributed by atoms with van der Waals surface area (Å²) in [6, 6.07) is 8.61. The molecule has 3 N–H and O–H groups in total. The maximum Gasteiger partial charge on any atom is 0.249 e. The Labute approximate surface area is 139 Å². The van der Waals surface area contributed by atoms with Crippen molar-refractivity contribution in [1.29, 1.82) is 0 Å². The number of rotatable bonds is 7. The molecule has 1 aromatic carbocycles. The van der Waals surface area contributed by atoms with Crippen molar-refractivity contribution in [3.05, 3.63) is 35.4 Å². The lowest BCUT2D eigenvalue weighted by Gasteiger charge is -2.25. The van der Waals surface area contributed by atoms with E-state index < -0.39 is 0 Å². The van der Waals surface area contributed by atoms with Crippen LogP contribution >= 0.6 is 0 Å². The smallest absolute Gasteiger partial charge is 0.249 e. The molecule has 3 atom stereocenters. The molecule has 0 saturated carbocycles. The molecule has 1 aliphatic rings. The normalized spacial score (nSPS) is 22.3. The van der Waals surface area contributed by atoms with E-state index in [9.17, 15) is 4.79 Å². The quantitative estimate of drug-likeness (QED) is 0.812. The van der Waals surface area contributed by atoms with Crippen LogP contribution < -0.4 is 11.1 Å². The van der Waals surface area contributed by atoms with Crippen LogP contribution in [0.3, 0.4) is 0 Å². The summed E-state index contributed by atoms with van der Waals surface area (Å²) in [4.78, 5) is 12.5. The van der Waals surface area contributed by atoms with E-state index in [0.29, 0.717) is 12.5 Å². The van der Waals surface area contributed by atoms with Gasteiger partial charge in [0.2, 0.25) is 5.91 Å². The summed E-state index contributed by atoms with van der Waals surface area (Å²) < 4.78 is 5.70. The molecule has 0 aliphatic carbocycles. The zero-order valence-electron chi connectivity index (χ0n) is 14.5. The lowest BCUT2D eigenvalue weighted by Crippen LogP contribution is -2.39. The highest BCUT2D eigenvalue weighted by Gasteiger charge is 2.31. The monoisotopic (exact) mass is 318 g/mol. The number of nitrogens with one attached hydrogen (secondary N) is 1. The number of carbonyl (C=O) groups excluding carboxylic acids is 1. The Morgan fingerprint density at radius 2 is 2.00 bits per heavy atom. The minimum Gasteiger partial charge on any atom is -0.364 e. The molecule has 1 unspecified atom stereocenters. The van der Waals surface area contributed by atoms with Crippen molar-refractivity contribution in [1.82, 2.24) is 5.32 Å². The molecule has 128 valence electrons. The largest absolute Gasteiger partial charge is 0.364 e. The number of amides is 1. The van der Waals surface area contributed by atoms with Gasteiger partial charge in [0, 0.05) is 6.54 Å². The second kappa shape index (κ2) is 8.46. The summed E-state index contributed by atoms with van der Waals surface area (Å²) in [7, 11) is 0. The summed E-state index contributed by atoms with van der Waals surface area (Å²) >= 11 is 0. The fraction of sp³-hybridized carbons (Fsp3) is 0.632. The molecule has 1 heterocycles. The summed E-state index contributed by atoms with van der Waals surface area (Å²) in [6.07, 6.45) is 3.53. The maximum absolute atomic E-state index is 12.5. The van der Waals surface area contributed by atoms with Crippen molar-refractivity contribution in [3.63, 3.8) is 0 Å². The van der Waals surface area contributed by atoms with Crippen molar-refractivity contribution in [3.8, 4) is 0 Å². The van der Waals surface area contributed by atoms with E-state index in [1.54, 1.807) is 0 Å². The Hall–Kier alpha value is -1.39. The molecule has 4 heteroatoms.